The quantitative estimate of drug-likeness (QED) is 0.226. The number of aryl methyl sites for hydroxylation is 1. The number of aromatic nitrogens is 2. The van der Waals surface area contributed by atoms with Crippen LogP contribution in [-0.4, -0.2) is 81.6 Å². The van der Waals surface area contributed by atoms with Crippen molar-refractivity contribution in [1.82, 2.24) is 14.9 Å². The molecule has 3 aromatic rings. The lowest BCUT2D eigenvalue weighted by atomic mass is 9.93. The average Bonchev–Trinajstić information content (AvgIpc) is 3.85. The molecule has 3 aliphatic rings. The lowest BCUT2D eigenvalue weighted by Gasteiger charge is -2.47. The summed E-state index contributed by atoms with van der Waals surface area (Å²) in [4.78, 5) is 14.2. The highest BCUT2D eigenvalue weighted by Crippen LogP contribution is 2.38. The van der Waals surface area contributed by atoms with E-state index in [0.29, 0.717) is 58.2 Å². The van der Waals surface area contributed by atoms with E-state index in [2.05, 4.69) is 70.1 Å². The fourth-order valence-electron chi connectivity index (χ4n) is 6.06. The first-order valence-electron chi connectivity index (χ1n) is 15.1. The molecule has 236 valence electrons. The molecule has 2 aromatic carbocycles. The maximum absolute atomic E-state index is 12.6. The van der Waals surface area contributed by atoms with Gasteiger partial charge in [0.2, 0.25) is 16.0 Å². The van der Waals surface area contributed by atoms with E-state index in [4.69, 9.17) is 9.47 Å². The molecule has 3 heterocycles. The monoisotopic (exact) mass is 685 g/mol. The lowest BCUT2D eigenvalue weighted by molar-refractivity contribution is -0.000666. The number of benzene rings is 2. The van der Waals surface area contributed by atoms with E-state index in [1.165, 1.54) is 5.69 Å². The minimum Gasteiger partial charge on any atom is -0.494 e. The second-order valence-electron chi connectivity index (χ2n) is 11.9. The summed E-state index contributed by atoms with van der Waals surface area (Å²) in [5.74, 6) is 2.25. The van der Waals surface area contributed by atoms with Crippen molar-refractivity contribution in [3.8, 4) is 5.75 Å². The number of anilines is 6. The number of sulfonamides is 1. The second kappa shape index (κ2) is 13.1. The van der Waals surface area contributed by atoms with Crippen molar-refractivity contribution >= 4 is 60.5 Å². The van der Waals surface area contributed by atoms with Crippen LogP contribution in [0.5, 0.6) is 5.75 Å². The molecule has 0 bridgehead atoms. The van der Waals surface area contributed by atoms with Crippen molar-refractivity contribution in [3.63, 3.8) is 0 Å². The summed E-state index contributed by atoms with van der Waals surface area (Å²) in [5, 5.41) is 6.25. The number of methoxy groups -OCH3 is 2. The van der Waals surface area contributed by atoms with Gasteiger partial charge >= 0.3 is 0 Å². The molecule has 1 saturated carbocycles. The van der Waals surface area contributed by atoms with E-state index >= 15 is 0 Å². The van der Waals surface area contributed by atoms with Gasteiger partial charge in [-0.1, -0.05) is 12.1 Å². The standard InChI is InChI=1S/C31H40BrN7O4S/c1-20-14-27(29(43-3)15-28(20)38-12-10-22(11-13-38)39-17-21(18-39)19-42-2)35-31-33-16-24(32)30(36-31)34-25-6-4-5-7-26(25)37-44(40,41)23-8-9-23/h4-7,14-16,21-23,37H,8-13,17-19H2,1-3H3,(H2,33,34,35,36). The first-order chi connectivity index (χ1) is 21.2. The van der Waals surface area contributed by atoms with Crippen molar-refractivity contribution in [2.45, 2.75) is 43.9 Å². The normalized spacial score (nSPS) is 18.1. The molecule has 0 radical (unpaired) electrons. The molecule has 3 fully saturated rings. The number of nitrogens with zero attached hydrogens (tertiary/aromatic N) is 4. The van der Waals surface area contributed by atoms with E-state index < -0.39 is 10.0 Å². The maximum Gasteiger partial charge on any atom is 0.235 e. The predicted molar refractivity (Wildman–Crippen MR) is 178 cm³/mol. The van der Waals surface area contributed by atoms with Crippen LogP contribution in [0.1, 0.15) is 31.2 Å². The Hall–Kier alpha value is -3.13. The van der Waals surface area contributed by atoms with E-state index in [1.807, 2.05) is 12.1 Å². The molecule has 2 aliphatic heterocycles. The lowest BCUT2D eigenvalue weighted by Crippen LogP contribution is -2.56. The van der Waals surface area contributed by atoms with Crippen molar-refractivity contribution in [2.24, 2.45) is 5.92 Å². The fraction of sp³-hybridized carbons (Fsp3) is 0.484. The van der Waals surface area contributed by atoms with Gasteiger partial charge in [-0.3, -0.25) is 9.62 Å². The van der Waals surface area contributed by atoms with Crippen molar-refractivity contribution in [3.05, 3.63) is 52.6 Å². The van der Waals surface area contributed by atoms with Crippen LogP contribution >= 0.6 is 15.9 Å². The fourth-order valence-corrected chi connectivity index (χ4v) is 7.76. The Kier molecular flexibility index (Phi) is 9.18. The Balaban J connectivity index is 1.14. The number of hydrogen-bond acceptors (Lipinski definition) is 10. The highest BCUT2D eigenvalue weighted by atomic mass is 79.9. The number of nitrogens with one attached hydrogen (secondary N) is 3. The third-order valence-corrected chi connectivity index (χ3v) is 11.0. The van der Waals surface area contributed by atoms with Crippen LogP contribution < -0.4 is 25.0 Å². The molecule has 0 spiro atoms. The minimum absolute atomic E-state index is 0.325. The smallest absolute Gasteiger partial charge is 0.235 e. The molecule has 1 aliphatic carbocycles. The summed E-state index contributed by atoms with van der Waals surface area (Å²) < 4.78 is 39.7. The third kappa shape index (κ3) is 6.90. The van der Waals surface area contributed by atoms with E-state index in [9.17, 15) is 8.42 Å². The molecule has 3 N–H and O–H groups in total. The largest absolute Gasteiger partial charge is 0.494 e. The summed E-state index contributed by atoms with van der Waals surface area (Å²) in [6.07, 6.45) is 5.33. The molecule has 13 heteroatoms. The highest BCUT2D eigenvalue weighted by molar-refractivity contribution is 9.10. The van der Waals surface area contributed by atoms with Gasteiger partial charge < -0.3 is 25.0 Å². The van der Waals surface area contributed by atoms with Crippen LogP contribution in [0.4, 0.5) is 34.5 Å². The van der Waals surface area contributed by atoms with Crippen LogP contribution in [-0.2, 0) is 14.8 Å². The van der Waals surface area contributed by atoms with Gasteiger partial charge in [0.25, 0.3) is 0 Å². The van der Waals surface area contributed by atoms with Crippen LogP contribution in [0.3, 0.4) is 0 Å². The van der Waals surface area contributed by atoms with Gasteiger partial charge in [-0.2, -0.15) is 4.98 Å². The molecule has 0 unspecified atom stereocenters. The Morgan fingerprint density at radius 3 is 2.41 bits per heavy atom. The summed E-state index contributed by atoms with van der Waals surface area (Å²) in [7, 11) is 0.0341. The Bertz CT molecular complexity index is 1590. The molecule has 0 atom stereocenters. The van der Waals surface area contributed by atoms with Gasteiger partial charge in [0.05, 0.1) is 40.5 Å². The first kappa shape index (κ1) is 30.9. The topological polar surface area (TPSA) is 121 Å². The highest BCUT2D eigenvalue weighted by Gasteiger charge is 2.36. The summed E-state index contributed by atoms with van der Waals surface area (Å²) in [6.45, 7) is 7.29. The Morgan fingerprint density at radius 2 is 1.73 bits per heavy atom. The van der Waals surface area contributed by atoms with Crippen molar-refractivity contribution in [1.29, 1.82) is 0 Å². The van der Waals surface area contributed by atoms with E-state index in [-0.39, 0.29) is 5.25 Å². The average molecular weight is 687 g/mol. The van der Waals surface area contributed by atoms with Crippen LogP contribution in [0.15, 0.2) is 47.1 Å². The van der Waals surface area contributed by atoms with Gasteiger partial charge in [-0.15, -0.1) is 0 Å². The Morgan fingerprint density at radius 1 is 1.00 bits per heavy atom. The number of likely N-dealkylation sites (tertiary alicyclic amines) is 1. The number of ether oxygens (including phenoxy) is 2. The number of para-hydroxylation sites is 2. The number of piperidine rings is 1. The molecule has 6 rings (SSSR count). The van der Waals surface area contributed by atoms with E-state index in [0.717, 1.165) is 56.9 Å². The van der Waals surface area contributed by atoms with Crippen LogP contribution in [0.25, 0.3) is 0 Å². The first-order valence-corrected chi connectivity index (χ1v) is 17.4. The van der Waals surface area contributed by atoms with Gasteiger partial charge in [-0.25, -0.2) is 13.4 Å². The zero-order chi connectivity index (χ0) is 30.8. The van der Waals surface area contributed by atoms with Crippen LogP contribution in [0, 0.1) is 12.8 Å². The molecule has 44 heavy (non-hydrogen) atoms. The molecule has 11 nitrogen and oxygen atoms in total. The zero-order valence-electron chi connectivity index (χ0n) is 25.3. The zero-order valence-corrected chi connectivity index (χ0v) is 27.7. The summed E-state index contributed by atoms with van der Waals surface area (Å²) in [6, 6.07) is 12.0. The van der Waals surface area contributed by atoms with Crippen molar-refractivity contribution < 1.29 is 17.9 Å². The number of hydrogen-bond donors (Lipinski definition) is 3. The van der Waals surface area contributed by atoms with Crippen LogP contribution in [0.2, 0.25) is 0 Å². The molecular formula is C31H40BrN7O4S. The van der Waals surface area contributed by atoms with Gasteiger partial charge in [0, 0.05) is 63.2 Å². The maximum atomic E-state index is 12.6. The van der Waals surface area contributed by atoms with E-state index in [1.54, 1.807) is 32.5 Å². The molecule has 2 saturated heterocycles. The number of halogens is 1. The number of rotatable bonds is 12. The second-order valence-corrected chi connectivity index (χ2v) is 14.7. The molecule has 0 amide bonds. The van der Waals surface area contributed by atoms with Gasteiger partial charge in [0.1, 0.15) is 11.6 Å². The van der Waals surface area contributed by atoms with Gasteiger partial charge in [0.15, 0.2) is 0 Å². The van der Waals surface area contributed by atoms with Crippen molar-refractivity contribution in [2.75, 3.05) is 67.3 Å². The molecule has 1 aromatic heterocycles. The SMILES string of the molecule is COCC1CN(C2CCN(c3cc(OC)c(Nc4ncc(Br)c(Nc5ccccc5NS(=O)(=O)C5CC5)n4)cc3C)CC2)C1. The summed E-state index contributed by atoms with van der Waals surface area (Å²) >= 11 is 3.52. The third-order valence-electron chi connectivity index (χ3n) is 8.61. The summed E-state index contributed by atoms with van der Waals surface area (Å²) in [5.41, 5.74) is 4.14. The minimum atomic E-state index is -3.42. The Labute approximate surface area is 267 Å². The van der Waals surface area contributed by atoms with Gasteiger partial charge in [-0.05, 0) is 72.3 Å². The molecular weight excluding hydrogens is 646 g/mol. The predicted octanol–water partition coefficient (Wildman–Crippen LogP) is 5.49.